The molecule has 0 aromatic heterocycles. The predicted octanol–water partition coefficient (Wildman–Crippen LogP) is 11.6. The van der Waals surface area contributed by atoms with Gasteiger partial charge in [0.15, 0.2) is 0 Å². The lowest BCUT2D eigenvalue weighted by Gasteiger charge is -2.04. The van der Waals surface area contributed by atoms with E-state index in [1.165, 1.54) is 104 Å². The fourth-order valence-corrected chi connectivity index (χ4v) is 3.72. The molecule has 0 N–H and O–H groups in total. The molecule has 0 aliphatic rings. The van der Waals surface area contributed by atoms with E-state index in [1.807, 2.05) is 0 Å². The Balaban J connectivity index is 4.12. The lowest BCUT2D eigenvalue weighted by atomic mass is 10.0. The second-order valence-corrected chi connectivity index (χ2v) is 10.9. The van der Waals surface area contributed by atoms with Gasteiger partial charge in [-0.15, -0.1) is 0 Å². The van der Waals surface area contributed by atoms with Gasteiger partial charge in [-0.3, -0.25) is 0 Å². The first-order valence-corrected chi connectivity index (χ1v) is 13.5. The lowest BCUT2D eigenvalue weighted by molar-refractivity contribution is 0.659. The van der Waals surface area contributed by atoms with E-state index in [2.05, 4.69) is 98.8 Å². The van der Waals surface area contributed by atoms with Gasteiger partial charge in [0.1, 0.15) is 0 Å². The zero-order chi connectivity index (χ0) is 25.1. The standard InChI is InChI=1S/C33H56/c1-27(2)15-10-16-29(5)17-11-18-30(6)19-12-20-31(7)21-13-22-32(8)23-14-24-33(9)26-25-28(3)4/h15,17,19,21,23,26,28H,10-14,16,18,20,22,24-25H2,1-9H3/b29-17+,30-19+,31-21+,32-23+,33-26+. The molecule has 0 bridgehead atoms. The molecule has 0 atom stereocenters. The van der Waals surface area contributed by atoms with E-state index in [0.717, 1.165) is 5.92 Å². The Kier molecular flexibility index (Phi) is 18.9. The second kappa shape index (κ2) is 19.9. The average Bonchev–Trinajstić information content (AvgIpc) is 2.72. The normalized spacial score (nSPS) is 14.3. The summed E-state index contributed by atoms with van der Waals surface area (Å²) in [7, 11) is 0. The Morgan fingerprint density at radius 1 is 0.424 bits per heavy atom. The van der Waals surface area contributed by atoms with Crippen LogP contribution in [0.1, 0.15) is 133 Å². The van der Waals surface area contributed by atoms with E-state index in [9.17, 15) is 0 Å². The van der Waals surface area contributed by atoms with Crippen LogP contribution < -0.4 is 0 Å². The van der Waals surface area contributed by atoms with Gasteiger partial charge in [0, 0.05) is 0 Å². The molecule has 0 aliphatic carbocycles. The minimum absolute atomic E-state index is 0.765. The van der Waals surface area contributed by atoms with Crippen molar-refractivity contribution in [2.45, 2.75) is 133 Å². The average molecular weight is 453 g/mol. The smallest absolute Gasteiger partial charge is 0.0288 e. The summed E-state index contributed by atoms with van der Waals surface area (Å²) in [5, 5.41) is 0. The van der Waals surface area contributed by atoms with Crippen molar-refractivity contribution in [3.05, 3.63) is 69.9 Å². The Morgan fingerprint density at radius 2 is 0.697 bits per heavy atom. The van der Waals surface area contributed by atoms with Gasteiger partial charge >= 0.3 is 0 Å². The predicted molar refractivity (Wildman–Crippen MR) is 154 cm³/mol. The third kappa shape index (κ3) is 22.0. The van der Waals surface area contributed by atoms with Crippen LogP contribution in [0.25, 0.3) is 0 Å². The summed E-state index contributed by atoms with van der Waals surface area (Å²) in [4.78, 5) is 0. The first-order chi connectivity index (χ1) is 15.6. The van der Waals surface area contributed by atoms with Gasteiger partial charge in [-0.25, -0.2) is 0 Å². The monoisotopic (exact) mass is 452 g/mol. The van der Waals surface area contributed by atoms with Crippen LogP contribution in [-0.4, -0.2) is 0 Å². The van der Waals surface area contributed by atoms with Gasteiger partial charge in [-0.1, -0.05) is 83.7 Å². The van der Waals surface area contributed by atoms with Crippen LogP contribution in [-0.2, 0) is 0 Å². The van der Waals surface area contributed by atoms with Crippen LogP contribution in [0.5, 0.6) is 0 Å². The topological polar surface area (TPSA) is 0 Å². The van der Waals surface area contributed by atoms with Crippen molar-refractivity contribution in [3.8, 4) is 0 Å². The van der Waals surface area contributed by atoms with Crippen molar-refractivity contribution in [1.29, 1.82) is 0 Å². The number of hydrogen-bond acceptors (Lipinski definition) is 0. The molecule has 188 valence electrons. The van der Waals surface area contributed by atoms with Crippen molar-refractivity contribution >= 4 is 0 Å². The van der Waals surface area contributed by atoms with Gasteiger partial charge in [-0.2, -0.15) is 0 Å². The number of rotatable bonds is 17. The van der Waals surface area contributed by atoms with E-state index < -0.39 is 0 Å². The van der Waals surface area contributed by atoms with E-state index >= 15 is 0 Å². The van der Waals surface area contributed by atoms with Gasteiger partial charge in [-0.05, 0) is 125 Å². The fourth-order valence-electron chi connectivity index (χ4n) is 3.72. The molecule has 0 unspecified atom stereocenters. The molecule has 0 amide bonds. The summed E-state index contributed by atoms with van der Waals surface area (Å²) in [5.74, 6) is 0.765. The second-order valence-electron chi connectivity index (χ2n) is 10.9. The SMILES string of the molecule is CC(C)=CCC/C(C)=C/CC/C(C)=C/CC/C(C)=C/CC/C(C)=C/CC/C(C)=C/CC(C)C. The Bertz CT molecular complexity index is 696. The summed E-state index contributed by atoms with van der Waals surface area (Å²) in [6.07, 6.45) is 27.6. The summed E-state index contributed by atoms with van der Waals surface area (Å²) in [5.41, 5.74) is 9.10. The van der Waals surface area contributed by atoms with Gasteiger partial charge in [0.05, 0.1) is 0 Å². The summed E-state index contributed by atoms with van der Waals surface area (Å²) >= 11 is 0. The fraction of sp³-hybridized carbons (Fsp3) is 0.636. The van der Waals surface area contributed by atoms with Crippen LogP contribution in [0.3, 0.4) is 0 Å². The largest absolute Gasteiger partial charge is 0.0856 e. The minimum Gasteiger partial charge on any atom is -0.0856 e. The van der Waals surface area contributed by atoms with E-state index in [-0.39, 0.29) is 0 Å². The molecule has 0 saturated heterocycles. The van der Waals surface area contributed by atoms with E-state index in [0.29, 0.717) is 0 Å². The van der Waals surface area contributed by atoms with E-state index in [4.69, 9.17) is 0 Å². The summed E-state index contributed by atoms with van der Waals surface area (Å²) < 4.78 is 0. The summed E-state index contributed by atoms with van der Waals surface area (Å²) in [6.45, 7) is 20.4. The maximum absolute atomic E-state index is 2.45. The van der Waals surface area contributed by atoms with Crippen LogP contribution in [0.15, 0.2) is 69.9 Å². The van der Waals surface area contributed by atoms with Gasteiger partial charge < -0.3 is 0 Å². The first-order valence-electron chi connectivity index (χ1n) is 13.5. The molecule has 0 aromatic carbocycles. The van der Waals surface area contributed by atoms with Crippen molar-refractivity contribution < 1.29 is 0 Å². The van der Waals surface area contributed by atoms with Crippen molar-refractivity contribution in [2.24, 2.45) is 5.92 Å². The highest BCUT2D eigenvalue weighted by atomic mass is 14.0. The van der Waals surface area contributed by atoms with Crippen LogP contribution >= 0.6 is 0 Å². The maximum atomic E-state index is 2.45. The quantitative estimate of drug-likeness (QED) is 0.192. The molecule has 33 heavy (non-hydrogen) atoms. The van der Waals surface area contributed by atoms with Crippen LogP contribution in [0.4, 0.5) is 0 Å². The Labute approximate surface area is 208 Å². The third-order valence-electron chi connectivity index (χ3n) is 6.15. The number of allylic oxidation sites excluding steroid dienone is 12. The Hall–Kier alpha value is -1.56. The lowest BCUT2D eigenvalue weighted by Crippen LogP contribution is -1.85. The zero-order valence-corrected chi connectivity index (χ0v) is 23.8. The molecule has 0 heteroatoms. The van der Waals surface area contributed by atoms with Crippen LogP contribution in [0.2, 0.25) is 0 Å². The van der Waals surface area contributed by atoms with Gasteiger partial charge in [0.2, 0.25) is 0 Å². The molecule has 0 nitrogen and oxygen atoms in total. The zero-order valence-electron chi connectivity index (χ0n) is 23.8. The molecule has 0 heterocycles. The minimum atomic E-state index is 0.765. The Morgan fingerprint density at radius 3 is 0.970 bits per heavy atom. The highest BCUT2D eigenvalue weighted by molar-refractivity contribution is 5.08. The molecule has 0 aromatic rings. The molecular weight excluding hydrogens is 396 g/mol. The molecule has 0 saturated carbocycles. The van der Waals surface area contributed by atoms with Crippen LogP contribution in [0, 0.1) is 5.92 Å². The van der Waals surface area contributed by atoms with Crippen molar-refractivity contribution in [2.75, 3.05) is 0 Å². The molecule has 0 spiro atoms. The molecule has 0 radical (unpaired) electrons. The molecule has 0 rings (SSSR count). The van der Waals surface area contributed by atoms with Crippen molar-refractivity contribution in [3.63, 3.8) is 0 Å². The van der Waals surface area contributed by atoms with Crippen molar-refractivity contribution in [1.82, 2.24) is 0 Å². The van der Waals surface area contributed by atoms with Gasteiger partial charge in [0.25, 0.3) is 0 Å². The number of hydrogen-bond donors (Lipinski definition) is 0. The van der Waals surface area contributed by atoms with E-state index in [1.54, 1.807) is 0 Å². The summed E-state index contributed by atoms with van der Waals surface area (Å²) in [6, 6.07) is 0. The highest BCUT2D eigenvalue weighted by Gasteiger charge is 1.96. The molecule has 0 fully saturated rings. The molecular formula is C33H56. The highest BCUT2D eigenvalue weighted by Crippen LogP contribution is 2.16. The maximum Gasteiger partial charge on any atom is -0.0288 e. The molecule has 0 aliphatic heterocycles. The first kappa shape index (κ1) is 31.4. The third-order valence-corrected chi connectivity index (χ3v) is 6.15.